The number of anilines is 1. The van der Waals surface area contributed by atoms with Gasteiger partial charge in [0.15, 0.2) is 5.75 Å². The van der Waals surface area contributed by atoms with Gasteiger partial charge in [-0.05, 0) is 73.2 Å². The van der Waals surface area contributed by atoms with Crippen molar-refractivity contribution in [3.8, 4) is 28.4 Å². The number of rotatable bonds is 8. The molecule has 0 atom stereocenters. The van der Waals surface area contributed by atoms with Crippen LogP contribution in [0.25, 0.3) is 16.6 Å². The summed E-state index contributed by atoms with van der Waals surface area (Å²) in [6.45, 7) is 2.47. The Kier molecular flexibility index (Phi) is 6.92. The summed E-state index contributed by atoms with van der Waals surface area (Å²) >= 11 is 6.19. The Hall–Kier alpha value is -4.55. The van der Waals surface area contributed by atoms with E-state index in [1.165, 1.54) is 0 Å². The highest BCUT2D eigenvalue weighted by Gasteiger charge is 2.26. The van der Waals surface area contributed by atoms with E-state index in [1.807, 2.05) is 73.7 Å². The molecule has 0 saturated carbocycles. The number of ketones is 1. The molecule has 0 saturated heterocycles. The van der Waals surface area contributed by atoms with Crippen LogP contribution in [-0.4, -0.2) is 22.7 Å². The number of benzene rings is 3. The fourth-order valence-corrected chi connectivity index (χ4v) is 4.24. The second-order valence-corrected chi connectivity index (χ2v) is 8.63. The van der Waals surface area contributed by atoms with Gasteiger partial charge in [-0.2, -0.15) is 0 Å². The monoisotopic (exact) mass is 510 g/mol. The zero-order chi connectivity index (χ0) is 25.8. The summed E-state index contributed by atoms with van der Waals surface area (Å²) in [5.41, 5.74) is 2.77. The molecule has 2 heterocycles. The van der Waals surface area contributed by atoms with Crippen LogP contribution < -0.4 is 14.8 Å². The Morgan fingerprint density at radius 1 is 0.865 bits per heavy atom. The molecular formula is C30H23ClN2O4. The Morgan fingerprint density at radius 3 is 2.38 bits per heavy atom. The minimum Gasteiger partial charge on any atom is -0.494 e. The van der Waals surface area contributed by atoms with E-state index >= 15 is 0 Å². The van der Waals surface area contributed by atoms with Crippen molar-refractivity contribution in [3.63, 3.8) is 0 Å². The van der Waals surface area contributed by atoms with Crippen LogP contribution in [0.1, 0.15) is 17.4 Å². The van der Waals surface area contributed by atoms with Crippen LogP contribution >= 0.6 is 11.6 Å². The number of fused-ring (bicyclic) bond motifs is 1. The molecule has 0 radical (unpaired) electrons. The number of hydrogen-bond donors (Lipinski definition) is 1. The van der Waals surface area contributed by atoms with E-state index in [1.54, 1.807) is 40.9 Å². The van der Waals surface area contributed by atoms with Gasteiger partial charge in [0.25, 0.3) is 11.7 Å². The van der Waals surface area contributed by atoms with Crippen LogP contribution in [0.15, 0.2) is 103 Å². The molecule has 6 nitrogen and oxygen atoms in total. The number of Topliss-reactive ketones (excluding diaryl/α,β-unsaturated/α-hetero) is 1. The van der Waals surface area contributed by atoms with Crippen LogP contribution in [0.3, 0.4) is 0 Å². The molecule has 0 unspecified atom stereocenters. The van der Waals surface area contributed by atoms with Gasteiger partial charge in [-0.25, -0.2) is 0 Å². The van der Waals surface area contributed by atoms with Gasteiger partial charge < -0.3 is 19.2 Å². The maximum atomic E-state index is 13.6. The van der Waals surface area contributed by atoms with Crippen molar-refractivity contribution in [1.82, 2.24) is 4.40 Å². The average molecular weight is 511 g/mol. The molecule has 3 aromatic carbocycles. The van der Waals surface area contributed by atoms with Crippen LogP contribution in [0.5, 0.6) is 17.2 Å². The lowest BCUT2D eigenvalue weighted by atomic mass is 10.0. The van der Waals surface area contributed by atoms with Gasteiger partial charge in [0.2, 0.25) is 0 Å². The van der Waals surface area contributed by atoms with E-state index in [9.17, 15) is 9.59 Å². The predicted octanol–water partition coefficient (Wildman–Crippen LogP) is 7.27. The number of ether oxygens (including phenoxy) is 2. The van der Waals surface area contributed by atoms with Crippen molar-refractivity contribution >= 4 is 34.5 Å². The summed E-state index contributed by atoms with van der Waals surface area (Å²) in [5, 5.41) is 3.09. The smallest absolute Gasteiger partial charge is 0.298 e. The van der Waals surface area contributed by atoms with E-state index in [0.717, 1.165) is 16.8 Å². The Morgan fingerprint density at radius 2 is 1.62 bits per heavy atom. The van der Waals surface area contributed by atoms with Crippen molar-refractivity contribution in [2.75, 3.05) is 11.9 Å². The number of para-hydroxylation sites is 1. The standard InChI is InChI=1S/C30H23ClN2O4/c1-2-36-23-14-11-20(12-15-23)25-19-22-8-6-7-17-33(22)28(25)29(34)30(35)32-26-18-21(31)13-16-27(26)37-24-9-4-3-5-10-24/h3-19H,2H2,1H3,(H,32,35). The van der Waals surface area contributed by atoms with Crippen LogP contribution in [0.2, 0.25) is 5.02 Å². The Balaban J connectivity index is 1.49. The van der Waals surface area contributed by atoms with Crippen LogP contribution in [0.4, 0.5) is 5.69 Å². The highest BCUT2D eigenvalue weighted by atomic mass is 35.5. The number of nitrogens with one attached hydrogen (secondary N) is 1. The Bertz CT molecular complexity index is 1580. The third kappa shape index (κ3) is 5.20. The molecule has 2 aromatic heterocycles. The maximum Gasteiger partial charge on any atom is 0.298 e. The van der Waals surface area contributed by atoms with Crippen molar-refractivity contribution in [3.05, 3.63) is 114 Å². The van der Waals surface area contributed by atoms with Crippen molar-refractivity contribution in [2.24, 2.45) is 0 Å². The van der Waals surface area contributed by atoms with E-state index in [4.69, 9.17) is 21.1 Å². The molecule has 5 rings (SSSR count). The van der Waals surface area contributed by atoms with Gasteiger partial charge in [-0.1, -0.05) is 48.0 Å². The minimum absolute atomic E-state index is 0.254. The van der Waals surface area contributed by atoms with E-state index < -0.39 is 11.7 Å². The van der Waals surface area contributed by atoms with Gasteiger partial charge in [0.1, 0.15) is 17.2 Å². The predicted molar refractivity (Wildman–Crippen MR) is 145 cm³/mol. The van der Waals surface area contributed by atoms with Gasteiger partial charge in [0.05, 0.1) is 12.3 Å². The second kappa shape index (κ2) is 10.6. The topological polar surface area (TPSA) is 69.0 Å². The number of hydrogen-bond acceptors (Lipinski definition) is 4. The first-order valence-electron chi connectivity index (χ1n) is 11.7. The number of pyridine rings is 1. The highest BCUT2D eigenvalue weighted by molar-refractivity contribution is 6.47. The second-order valence-electron chi connectivity index (χ2n) is 8.20. The molecule has 0 aliphatic heterocycles. The summed E-state index contributed by atoms with van der Waals surface area (Å²) in [7, 11) is 0. The average Bonchev–Trinajstić information content (AvgIpc) is 3.30. The van der Waals surface area contributed by atoms with Crippen molar-refractivity contribution in [1.29, 1.82) is 0 Å². The van der Waals surface area contributed by atoms with Gasteiger partial charge in [0, 0.05) is 22.3 Å². The first-order valence-corrected chi connectivity index (χ1v) is 12.1. The lowest BCUT2D eigenvalue weighted by molar-refractivity contribution is -0.112. The van der Waals surface area contributed by atoms with Gasteiger partial charge in [-0.15, -0.1) is 0 Å². The molecule has 1 N–H and O–H groups in total. The summed E-state index contributed by atoms with van der Waals surface area (Å²) in [4.78, 5) is 26.9. The van der Waals surface area contributed by atoms with Gasteiger partial charge >= 0.3 is 0 Å². The summed E-state index contributed by atoms with van der Waals surface area (Å²) in [6, 6.07) is 28.9. The maximum absolute atomic E-state index is 13.6. The molecule has 37 heavy (non-hydrogen) atoms. The molecule has 0 fully saturated rings. The number of halogens is 1. The lowest BCUT2D eigenvalue weighted by Gasteiger charge is -2.13. The molecule has 7 heteroatoms. The van der Waals surface area contributed by atoms with Gasteiger partial charge in [-0.3, -0.25) is 9.59 Å². The molecule has 184 valence electrons. The molecule has 0 bridgehead atoms. The molecule has 5 aromatic rings. The largest absolute Gasteiger partial charge is 0.494 e. The molecule has 1 amide bonds. The number of carbonyl (C=O) groups excluding carboxylic acids is 2. The van der Waals surface area contributed by atoms with Crippen LogP contribution in [0, 0.1) is 0 Å². The van der Waals surface area contributed by atoms with E-state index in [0.29, 0.717) is 28.7 Å². The zero-order valence-corrected chi connectivity index (χ0v) is 20.7. The van der Waals surface area contributed by atoms with Crippen molar-refractivity contribution < 1.29 is 19.1 Å². The Labute approximate surface area is 219 Å². The number of carbonyl (C=O) groups is 2. The van der Waals surface area contributed by atoms with E-state index in [-0.39, 0.29) is 11.4 Å². The fraction of sp³-hybridized carbons (Fsp3) is 0.0667. The first-order chi connectivity index (χ1) is 18.0. The summed E-state index contributed by atoms with van der Waals surface area (Å²) in [5.74, 6) is 0.176. The summed E-state index contributed by atoms with van der Waals surface area (Å²) in [6.07, 6.45) is 1.76. The normalized spacial score (nSPS) is 10.8. The molecule has 0 aliphatic rings. The fourth-order valence-electron chi connectivity index (χ4n) is 4.06. The lowest BCUT2D eigenvalue weighted by Crippen LogP contribution is -2.25. The van der Waals surface area contributed by atoms with Crippen LogP contribution in [-0.2, 0) is 4.79 Å². The minimum atomic E-state index is -0.809. The van der Waals surface area contributed by atoms with Crippen molar-refractivity contribution in [2.45, 2.75) is 6.92 Å². The molecule has 0 aliphatic carbocycles. The third-order valence-corrected chi connectivity index (χ3v) is 5.97. The quantitative estimate of drug-likeness (QED) is 0.176. The van der Waals surface area contributed by atoms with E-state index in [2.05, 4.69) is 5.32 Å². The number of nitrogens with zero attached hydrogens (tertiary/aromatic N) is 1. The molecule has 0 spiro atoms. The highest BCUT2D eigenvalue weighted by Crippen LogP contribution is 2.33. The molecular weight excluding hydrogens is 488 g/mol. The third-order valence-electron chi connectivity index (χ3n) is 5.74. The number of aromatic nitrogens is 1. The number of amides is 1. The summed E-state index contributed by atoms with van der Waals surface area (Å²) < 4.78 is 13.2. The zero-order valence-electron chi connectivity index (χ0n) is 20.0. The first kappa shape index (κ1) is 24.2. The SMILES string of the molecule is CCOc1ccc(-c2cc3ccccn3c2C(=O)C(=O)Nc2cc(Cl)ccc2Oc2ccccc2)cc1.